The first-order valence-corrected chi connectivity index (χ1v) is 7.48. The van der Waals surface area contributed by atoms with Crippen molar-refractivity contribution in [2.45, 2.75) is 22.9 Å². The molecule has 0 aliphatic carbocycles. The van der Waals surface area contributed by atoms with Gasteiger partial charge in [-0.3, -0.25) is 0 Å². The van der Waals surface area contributed by atoms with Crippen LogP contribution in [0, 0.1) is 5.82 Å². The molecule has 1 unspecified atom stereocenters. The molecular formula is C14H14BrFN2S. The monoisotopic (exact) mass is 340 g/mol. The number of aromatic nitrogens is 1. The molecule has 0 fully saturated rings. The normalized spacial score (nSPS) is 12.4. The molecule has 2 nitrogen and oxygen atoms in total. The van der Waals surface area contributed by atoms with Crippen molar-refractivity contribution >= 4 is 27.7 Å². The molecule has 0 aliphatic rings. The summed E-state index contributed by atoms with van der Waals surface area (Å²) in [5.41, 5.74) is 0.935. The van der Waals surface area contributed by atoms with Gasteiger partial charge in [0.15, 0.2) is 0 Å². The molecule has 1 aromatic carbocycles. The van der Waals surface area contributed by atoms with E-state index < -0.39 is 0 Å². The first kappa shape index (κ1) is 14.5. The SMILES string of the molecule is CNC(C)c1ccc(Sc2ncccc2Br)c(F)c1. The predicted molar refractivity (Wildman–Crippen MR) is 79.9 cm³/mol. The van der Waals surface area contributed by atoms with Gasteiger partial charge in [0.05, 0.1) is 4.47 Å². The van der Waals surface area contributed by atoms with E-state index in [9.17, 15) is 4.39 Å². The van der Waals surface area contributed by atoms with Crippen LogP contribution < -0.4 is 5.32 Å². The van der Waals surface area contributed by atoms with E-state index in [-0.39, 0.29) is 11.9 Å². The Bertz CT molecular complexity index is 577. The van der Waals surface area contributed by atoms with Crippen molar-refractivity contribution in [1.29, 1.82) is 0 Å². The number of benzene rings is 1. The highest BCUT2D eigenvalue weighted by atomic mass is 79.9. The smallest absolute Gasteiger partial charge is 0.137 e. The zero-order chi connectivity index (χ0) is 13.8. The maximum atomic E-state index is 14.1. The van der Waals surface area contributed by atoms with Crippen LogP contribution in [0.5, 0.6) is 0 Å². The maximum absolute atomic E-state index is 14.1. The summed E-state index contributed by atoms with van der Waals surface area (Å²) in [6.45, 7) is 2.00. The minimum Gasteiger partial charge on any atom is -0.313 e. The lowest BCUT2D eigenvalue weighted by atomic mass is 10.1. The standard InChI is InChI=1S/C14H14BrFN2S/c1-9(17-2)10-5-6-13(12(16)8-10)19-14-11(15)4-3-7-18-14/h3-9,17H,1-2H3. The molecule has 0 radical (unpaired) electrons. The van der Waals surface area contributed by atoms with E-state index in [1.54, 1.807) is 18.3 Å². The second-order valence-electron chi connectivity index (χ2n) is 4.09. The second kappa shape index (κ2) is 6.50. The van der Waals surface area contributed by atoms with E-state index in [4.69, 9.17) is 0 Å². The van der Waals surface area contributed by atoms with Gasteiger partial charge in [0.25, 0.3) is 0 Å². The third-order valence-electron chi connectivity index (χ3n) is 2.82. The number of nitrogens with one attached hydrogen (secondary N) is 1. The average Bonchev–Trinajstić information content (AvgIpc) is 2.42. The summed E-state index contributed by atoms with van der Waals surface area (Å²) < 4.78 is 14.9. The van der Waals surface area contributed by atoms with Gasteiger partial charge in [0.1, 0.15) is 10.8 Å². The van der Waals surface area contributed by atoms with Crippen LogP contribution in [0.3, 0.4) is 0 Å². The summed E-state index contributed by atoms with van der Waals surface area (Å²) in [5, 5.41) is 3.85. The van der Waals surface area contributed by atoms with Crippen LogP contribution in [-0.4, -0.2) is 12.0 Å². The molecular weight excluding hydrogens is 327 g/mol. The van der Waals surface area contributed by atoms with Crippen molar-refractivity contribution in [3.8, 4) is 0 Å². The quantitative estimate of drug-likeness (QED) is 0.891. The van der Waals surface area contributed by atoms with Gasteiger partial charge in [0, 0.05) is 17.1 Å². The zero-order valence-corrected chi connectivity index (χ0v) is 13.1. The van der Waals surface area contributed by atoms with Crippen LogP contribution in [0.4, 0.5) is 4.39 Å². The van der Waals surface area contributed by atoms with Gasteiger partial charge >= 0.3 is 0 Å². The van der Waals surface area contributed by atoms with Crippen LogP contribution in [0.25, 0.3) is 0 Å². The van der Waals surface area contributed by atoms with Gasteiger partial charge in [-0.1, -0.05) is 17.8 Å². The molecule has 2 aromatic rings. The Hall–Kier alpha value is -0.910. The molecule has 1 N–H and O–H groups in total. The molecule has 0 aliphatic heterocycles. The number of rotatable bonds is 4. The Balaban J connectivity index is 2.25. The molecule has 2 rings (SSSR count). The highest BCUT2D eigenvalue weighted by Crippen LogP contribution is 2.33. The Morgan fingerprint density at radius 3 is 2.79 bits per heavy atom. The van der Waals surface area contributed by atoms with E-state index in [0.29, 0.717) is 4.90 Å². The molecule has 100 valence electrons. The van der Waals surface area contributed by atoms with Crippen molar-refractivity contribution in [2.75, 3.05) is 7.05 Å². The number of hydrogen-bond donors (Lipinski definition) is 1. The van der Waals surface area contributed by atoms with Crippen molar-refractivity contribution < 1.29 is 4.39 Å². The first-order valence-electron chi connectivity index (χ1n) is 5.87. The van der Waals surface area contributed by atoms with Crippen molar-refractivity contribution in [3.63, 3.8) is 0 Å². The van der Waals surface area contributed by atoms with Gasteiger partial charge in [0.2, 0.25) is 0 Å². The fourth-order valence-corrected chi connectivity index (χ4v) is 2.86. The Kier molecular flexibility index (Phi) is 4.96. The lowest BCUT2D eigenvalue weighted by molar-refractivity contribution is 0.587. The molecule has 0 saturated heterocycles. The summed E-state index contributed by atoms with van der Waals surface area (Å²) in [4.78, 5) is 4.80. The topological polar surface area (TPSA) is 24.9 Å². The molecule has 0 bridgehead atoms. The molecule has 1 atom stereocenters. The van der Waals surface area contributed by atoms with Crippen LogP contribution >= 0.6 is 27.7 Å². The summed E-state index contributed by atoms with van der Waals surface area (Å²) >= 11 is 4.73. The fourth-order valence-electron chi connectivity index (χ4n) is 1.59. The molecule has 1 aromatic heterocycles. The zero-order valence-electron chi connectivity index (χ0n) is 10.7. The number of halogens is 2. The third-order valence-corrected chi connectivity index (χ3v) is 4.79. The number of nitrogens with zero attached hydrogens (tertiary/aromatic N) is 1. The van der Waals surface area contributed by atoms with E-state index >= 15 is 0 Å². The highest BCUT2D eigenvalue weighted by Gasteiger charge is 2.10. The van der Waals surface area contributed by atoms with Crippen molar-refractivity contribution in [1.82, 2.24) is 10.3 Å². The average molecular weight is 341 g/mol. The lowest BCUT2D eigenvalue weighted by Crippen LogP contribution is -2.12. The molecule has 5 heteroatoms. The van der Waals surface area contributed by atoms with Crippen LogP contribution in [0.15, 0.2) is 50.9 Å². The van der Waals surface area contributed by atoms with Gasteiger partial charge in [-0.25, -0.2) is 9.37 Å². The van der Waals surface area contributed by atoms with Crippen LogP contribution in [0.1, 0.15) is 18.5 Å². The van der Waals surface area contributed by atoms with Crippen LogP contribution in [0.2, 0.25) is 0 Å². The highest BCUT2D eigenvalue weighted by molar-refractivity contribution is 9.10. The minimum atomic E-state index is -0.220. The maximum Gasteiger partial charge on any atom is 0.137 e. The van der Waals surface area contributed by atoms with E-state index in [1.165, 1.54) is 11.8 Å². The van der Waals surface area contributed by atoms with E-state index in [0.717, 1.165) is 15.1 Å². The predicted octanol–water partition coefficient (Wildman–Crippen LogP) is 4.41. The Labute approximate surface area is 125 Å². The summed E-state index contributed by atoms with van der Waals surface area (Å²) in [6, 6.07) is 9.16. The molecule has 0 amide bonds. The molecule has 0 saturated carbocycles. The van der Waals surface area contributed by atoms with Gasteiger partial charge < -0.3 is 5.32 Å². The van der Waals surface area contributed by atoms with E-state index in [2.05, 4.69) is 26.2 Å². The number of pyridine rings is 1. The fraction of sp³-hybridized carbons (Fsp3) is 0.214. The first-order chi connectivity index (χ1) is 9.11. The molecule has 19 heavy (non-hydrogen) atoms. The van der Waals surface area contributed by atoms with Crippen LogP contribution in [-0.2, 0) is 0 Å². The lowest BCUT2D eigenvalue weighted by Gasteiger charge is -2.12. The van der Waals surface area contributed by atoms with Crippen molar-refractivity contribution in [2.24, 2.45) is 0 Å². The Morgan fingerprint density at radius 2 is 2.16 bits per heavy atom. The molecule has 1 heterocycles. The van der Waals surface area contributed by atoms with Gasteiger partial charge in [-0.15, -0.1) is 0 Å². The molecule has 0 spiro atoms. The summed E-state index contributed by atoms with van der Waals surface area (Å²) in [6.07, 6.45) is 1.70. The summed E-state index contributed by atoms with van der Waals surface area (Å²) in [5.74, 6) is -0.220. The third kappa shape index (κ3) is 3.55. The Morgan fingerprint density at radius 1 is 1.37 bits per heavy atom. The number of hydrogen-bond acceptors (Lipinski definition) is 3. The van der Waals surface area contributed by atoms with E-state index in [1.807, 2.05) is 32.2 Å². The largest absolute Gasteiger partial charge is 0.313 e. The minimum absolute atomic E-state index is 0.134. The second-order valence-corrected chi connectivity index (χ2v) is 5.98. The van der Waals surface area contributed by atoms with Gasteiger partial charge in [-0.2, -0.15) is 0 Å². The van der Waals surface area contributed by atoms with Gasteiger partial charge in [-0.05, 0) is 59.7 Å². The summed E-state index contributed by atoms with van der Waals surface area (Å²) in [7, 11) is 1.86. The van der Waals surface area contributed by atoms with Crippen molar-refractivity contribution in [3.05, 3.63) is 52.4 Å².